The molecular weight excluding hydrogens is 292 g/mol. The van der Waals surface area contributed by atoms with E-state index in [0.717, 1.165) is 38.2 Å². The smallest absolute Gasteiger partial charge is 0.314 e. The number of allylic oxidation sites excluding steroid dienone is 1. The standard InChI is InChI=1S/C15H24N4O2.C2H6/c1-3-16-15(21)17-13-6-8-18(9-7-13)10-11-19-12(2)4-5-14(19)20;1-2/h4-5,13H,2-3,6-11H2,1H3,(H2,16,17,21);1-2H3. The van der Waals surface area contributed by atoms with Crippen LogP contribution < -0.4 is 10.6 Å². The Morgan fingerprint density at radius 1 is 1.26 bits per heavy atom. The highest BCUT2D eigenvalue weighted by Crippen LogP contribution is 2.14. The van der Waals surface area contributed by atoms with Gasteiger partial charge in [0.25, 0.3) is 5.91 Å². The van der Waals surface area contributed by atoms with Crippen LogP contribution in [0.1, 0.15) is 33.6 Å². The fourth-order valence-electron chi connectivity index (χ4n) is 2.68. The summed E-state index contributed by atoms with van der Waals surface area (Å²) in [6, 6.07) is 0.166. The summed E-state index contributed by atoms with van der Waals surface area (Å²) in [6.45, 7) is 13.8. The van der Waals surface area contributed by atoms with E-state index in [4.69, 9.17) is 0 Å². The minimum Gasteiger partial charge on any atom is -0.338 e. The third-order valence-corrected chi connectivity index (χ3v) is 3.93. The SMILES string of the molecule is C=C1C=CC(=O)N1CCN1CCC(NC(=O)NCC)CC1.CC. The van der Waals surface area contributed by atoms with Gasteiger partial charge in [-0.05, 0) is 25.8 Å². The molecule has 2 aliphatic rings. The van der Waals surface area contributed by atoms with Crippen LogP contribution in [0.2, 0.25) is 0 Å². The highest BCUT2D eigenvalue weighted by atomic mass is 16.2. The van der Waals surface area contributed by atoms with E-state index >= 15 is 0 Å². The zero-order chi connectivity index (χ0) is 17.2. The van der Waals surface area contributed by atoms with Crippen molar-refractivity contribution in [1.82, 2.24) is 20.4 Å². The predicted octanol–water partition coefficient (Wildman–Crippen LogP) is 1.71. The van der Waals surface area contributed by atoms with Crippen LogP contribution in [0.3, 0.4) is 0 Å². The predicted molar refractivity (Wildman–Crippen MR) is 93.0 cm³/mol. The molecule has 1 saturated heterocycles. The summed E-state index contributed by atoms with van der Waals surface area (Å²) in [5.41, 5.74) is 0.771. The molecule has 6 heteroatoms. The summed E-state index contributed by atoms with van der Waals surface area (Å²) in [7, 11) is 0. The molecular formula is C17H30N4O2. The van der Waals surface area contributed by atoms with Gasteiger partial charge in [-0.2, -0.15) is 0 Å². The number of likely N-dealkylation sites (tertiary alicyclic amines) is 1. The van der Waals surface area contributed by atoms with Crippen molar-refractivity contribution in [2.24, 2.45) is 0 Å². The molecule has 0 atom stereocenters. The molecule has 2 rings (SSSR count). The molecule has 0 radical (unpaired) electrons. The van der Waals surface area contributed by atoms with Gasteiger partial charge in [-0.25, -0.2) is 4.79 Å². The maximum Gasteiger partial charge on any atom is 0.314 e. The first kappa shape index (κ1) is 19.2. The molecule has 0 unspecified atom stereocenters. The first-order valence-electron chi connectivity index (χ1n) is 8.55. The van der Waals surface area contributed by atoms with E-state index < -0.39 is 0 Å². The van der Waals surface area contributed by atoms with E-state index in [2.05, 4.69) is 22.1 Å². The largest absolute Gasteiger partial charge is 0.338 e. The summed E-state index contributed by atoms with van der Waals surface area (Å²) >= 11 is 0. The lowest BCUT2D eigenvalue weighted by atomic mass is 10.1. The number of piperidine rings is 1. The highest BCUT2D eigenvalue weighted by molar-refractivity contribution is 5.92. The fraction of sp³-hybridized carbons (Fsp3) is 0.647. The Bertz CT molecular complexity index is 422. The number of carbonyl (C=O) groups excluding carboxylic acids is 2. The monoisotopic (exact) mass is 322 g/mol. The Balaban J connectivity index is 0.00000127. The van der Waals surface area contributed by atoms with Crippen LogP contribution in [0, 0.1) is 0 Å². The zero-order valence-corrected chi connectivity index (χ0v) is 14.6. The maximum absolute atomic E-state index is 11.6. The fourth-order valence-corrected chi connectivity index (χ4v) is 2.68. The van der Waals surface area contributed by atoms with Gasteiger partial charge >= 0.3 is 6.03 Å². The Labute approximate surface area is 139 Å². The van der Waals surface area contributed by atoms with E-state index in [9.17, 15) is 9.59 Å². The van der Waals surface area contributed by atoms with Crippen LogP contribution in [-0.2, 0) is 4.79 Å². The minimum atomic E-state index is -0.0824. The average molecular weight is 322 g/mol. The molecule has 0 aliphatic carbocycles. The number of rotatable bonds is 5. The summed E-state index contributed by atoms with van der Waals surface area (Å²) in [5.74, 6) is 0.0211. The van der Waals surface area contributed by atoms with Crippen molar-refractivity contribution < 1.29 is 9.59 Å². The Morgan fingerprint density at radius 2 is 1.91 bits per heavy atom. The van der Waals surface area contributed by atoms with Crippen molar-refractivity contribution in [3.63, 3.8) is 0 Å². The molecule has 3 amide bonds. The normalized spacial score (nSPS) is 18.7. The number of amides is 3. The minimum absolute atomic E-state index is 0.0211. The zero-order valence-electron chi connectivity index (χ0n) is 14.6. The number of hydrogen-bond acceptors (Lipinski definition) is 3. The van der Waals surface area contributed by atoms with Gasteiger partial charge in [0, 0.05) is 50.5 Å². The first-order chi connectivity index (χ1) is 11.1. The second-order valence-corrected chi connectivity index (χ2v) is 5.43. The lowest BCUT2D eigenvalue weighted by molar-refractivity contribution is -0.123. The Morgan fingerprint density at radius 3 is 2.43 bits per heavy atom. The Kier molecular flexibility index (Phi) is 8.40. The van der Waals surface area contributed by atoms with Crippen molar-refractivity contribution in [2.75, 3.05) is 32.7 Å². The average Bonchev–Trinajstić information content (AvgIpc) is 2.87. The van der Waals surface area contributed by atoms with Crippen LogP contribution in [0.5, 0.6) is 0 Å². The molecule has 1 fully saturated rings. The van der Waals surface area contributed by atoms with Gasteiger partial charge in [-0.1, -0.05) is 20.4 Å². The van der Waals surface area contributed by atoms with E-state index in [1.165, 1.54) is 0 Å². The van der Waals surface area contributed by atoms with E-state index in [1.54, 1.807) is 17.1 Å². The van der Waals surface area contributed by atoms with Crippen molar-refractivity contribution in [1.29, 1.82) is 0 Å². The van der Waals surface area contributed by atoms with Gasteiger partial charge in [-0.3, -0.25) is 4.79 Å². The van der Waals surface area contributed by atoms with Gasteiger partial charge in [0.15, 0.2) is 0 Å². The van der Waals surface area contributed by atoms with Gasteiger partial charge in [0.2, 0.25) is 0 Å². The highest BCUT2D eigenvalue weighted by Gasteiger charge is 2.23. The quantitative estimate of drug-likeness (QED) is 0.810. The van der Waals surface area contributed by atoms with Crippen molar-refractivity contribution in [3.8, 4) is 0 Å². The van der Waals surface area contributed by atoms with E-state index in [0.29, 0.717) is 13.1 Å². The first-order valence-corrected chi connectivity index (χ1v) is 8.55. The molecule has 0 spiro atoms. The van der Waals surface area contributed by atoms with Crippen molar-refractivity contribution in [3.05, 3.63) is 24.4 Å². The molecule has 6 nitrogen and oxygen atoms in total. The van der Waals surface area contributed by atoms with Crippen LogP contribution in [-0.4, -0.2) is 60.5 Å². The molecule has 2 aliphatic heterocycles. The molecule has 2 heterocycles. The second-order valence-electron chi connectivity index (χ2n) is 5.43. The van der Waals surface area contributed by atoms with Crippen LogP contribution in [0.25, 0.3) is 0 Å². The third kappa shape index (κ3) is 6.06. The van der Waals surface area contributed by atoms with Crippen LogP contribution in [0.4, 0.5) is 4.79 Å². The molecule has 0 aromatic heterocycles. The molecule has 130 valence electrons. The van der Waals surface area contributed by atoms with Gasteiger partial charge in [0.1, 0.15) is 0 Å². The maximum atomic E-state index is 11.6. The summed E-state index contributed by atoms with van der Waals surface area (Å²) in [6.07, 6.45) is 5.21. The molecule has 2 N–H and O–H groups in total. The lowest BCUT2D eigenvalue weighted by Gasteiger charge is -2.33. The van der Waals surface area contributed by atoms with Gasteiger partial charge in [-0.15, -0.1) is 0 Å². The number of hydrogen-bond donors (Lipinski definition) is 2. The molecule has 23 heavy (non-hydrogen) atoms. The van der Waals surface area contributed by atoms with Crippen LogP contribution in [0.15, 0.2) is 24.4 Å². The molecule has 0 bridgehead atoms. The second kappa shape index (κ2) is 10.0. The molecule has 0 saturated carbocycles. The number of carbonyl (C=O) groups is 2. The van der Waals surface area contributed by atoms with Crippen LogP contribution >= 0.6 is 0 Å². The van der Waals surface area contributed by atoms with Crippen molar-refractivity contribution in [2.45, 2.75) is 39.7 Å². The molecule has 0 aromatic rings. The van der Waals surface area contributed by atoms with E-state index in [-0.39, 0.29) is 18.0 Å². The van der Waals surface area contributed by atoms with Gasteiger partial charge in [0.05, 0.1) is 0 Å². The number of nitrogens with one attached hydrogen (secondary N) is 2. The topological polar surface area (TPSA) is 64.7 Å². The molecule has 0 aromatic carbocycles. The van der Waals surface area contributed by atoms with E-state index in [1.807, 2.05) is 20.8 Å². The summed E-state index contributed by atoms with van der Waals surface area (Å²) in [5, 5.41) is 5.74. The number of nitrogens with zero attached hydrogens (tertiary/aromatic N) is 2. The number of urea groups is 1. The third-order valence-electron chi connectivity index (χ3n) is 3.93. The summed E-state index contributed by atoms with van der Waals surface area (Å²) < 4.78 is 0. The van der Waals surface area contributed by atoms with Crippen molar-refractivity contribution >= 4 is 11.9 Å². The summed E-state index contributed by atoms with van der Waals surface area (Å²) in [4.78, 5) is 27.1. The van der Waals surface area contributed by atoms with Gasteiger partial charge < -0.3 is 20.4 Å². The lowest BCUT2D eigenvalue weighted by Crippen LogP contribution is -2.48. The Hall–Kier alpha value is -1.82.